The summed E-state index contributed by atoms with van der Waals surface area (Å²) in [6, 6.07) is 2.93. The first-order valence-corrected chi connectivity index (χ1v) is 4.51. The lowest BCUT2D eigenvalue weighted by Gasteiger charge is -2.09. The minimum atomic E-state index is -0.308. The molecule has 0 atom stereocenters. The van der Waals surface area contributed by atoms with E-state index in [1.165, 1.54) is 6.07 Å². The van der Waals surface area contributed by atoms with Crippen LogP contribution in [-0.4, -0.2) is 6.54 Å². The van der Waals surface area contributed by atoms with Crippen molar-refractivity contribution in [2.24, 2.45) is 0 Å². The first kappa shape index (κ1) is 10.9. The summed E-state index contributed by atoms with van der Waals surface area (Å²) in [4.78, 5) is 0. The number of nitrogens with one attached hydrogen (secondary N) is 1. The van der Waals surface area contributed by atoms with Gasteiger partial charge in [0.05, 0.1) is 17.9 Å². The first-order valence-electron chi connectivity index (χ1n) is 4.13. The molecule has 0 spiro atoms. The molecule has 1 rings (SSSR count). The Hall–Kier alpha value is -1.22. The molecule has 2 nitrogen and oxygen atoms in total. The standard InChI is InChI=1S/C10H12ClFN2/c1-6-3-10(14-5-7(2)11)9(13)4-8(6)12/h3-4,14H,2,5,13H2,1H3. The second-order valence-electron chi connectivity index (χ2n) is 3.06. The average molecular weight is 215 g/mol. The molecular weight excluding hydrogens is 203 g/mol. The van der Waals surface area contributed by atoms with Crippen LogP contribution < -0.4 is 11.1 Å². The summed E-state index contributed by atoms with van der Waals surface area (Å²) < 4.78 is 13.0. The van der Waals surface area contributed by atoms with Gasteiger partial charge in [-0.2, -0.15) is 0 Å². The zero-order chi connectivity index (χ0) is 10.7. The minimum absolute atomic E-state index is 0.308. The smallest absolute Gasteiger partial charge is 0.128 e. The molecule has 14 heavy (non-hydrogen) atoms. The topological polar surface area (TPSA) is 38.0 Å². The van der Waals surface area contributed by atoms with E-state index in [0.29, 0.717) is 28.5 Å². The normalized spacial score (nSPS) is 9.93. The highest BCUT2D eigenvalue weighted by Gasteiger charge is 2.04. The van der Waals surface area contributed by atoms with Crippen molar-refractivity contribution in [3.63, 3.8) is 0 Å². The molecule has 76 valence electrons. The summed E-state index contributed by atoms with van der Waals surface area (Å²) in [6.07, 6.45) is 0. The first-order chi connectivity index (χ1) is 6.50. The number of hydrogen-bond acceptors (Lipinski definition) is 2. The molecule has 0 amide bonds. The van der Waals surface area contributed by atoms with Crippen LogP contribution in [0.5, 0.6) is 0 Å². The molecule has 1 aromatic rings. The number of halogens is 2. The number of benzene rings is 1. The van der Waals surface area contributed by atoms with Gasteiger partial charge in [0.25, 0.3) is 0 Å². The van der Waals surface area contributed by atoms with Crippen LogP contribution in [-0.2, 0) is 0 Å². The third-order valence-corrected chi connectivity index (χ3v) is 1.94. The van der Waals surface area contributed by atoms with Gasteiger partial charge < -0.3 is 11.1 Å². The van der Waals surface area contributed by atoms with Crippen molar-refractivity contribution in [1.82, 2.24) is 0 Å². The van der Waals surface area contributed by atoms with Gasteiger partial charge in [-0.1, -0.05) is 18.2 Å². The number of hydrogen-bond donors (Lipinski definition) is 2. The van der Waals surface area contributed by atoms with E-state index in [-0.39, 0.29) is 5.82 Å². The SMILES string of the molecule is C=C(Cl)CNc1cc(C)c(F)cc1N. The fraction of sp³-hybridized carbons (Fsp3) is 0.200. The van der Waals surface area contributed by atoms with Crippen LogP contribution in [0.3, 0.4) is 0 Å². The highest BCUT2D eigenvalue weighted by Crippen LogP contribution is 2.22. The number of rotatable bonds is 3. The van der Waals surface area contributed by atoms with E-state index in [1.54, 1.807) is 13.0 Å². The number of nitrogen functional groups attached to an aromatic ring is 1. The van der Waals surface area contributed by atoms with Gasteiger partial charge in [0.1, 0.15) is 5.82 Å². The van der Waals surface area contributed by atoms with Crippen LogP contribution in [0.1, 0.15) is 5.56 Å². The molecule has 4 heteroatoms. The molecule has 0 heterocycles. The Bertz CT molecular complexity index is 363. The molecule has 0 aliphatic rings. The van der Waals surface area contributed by atoms with Crippen molar-refractivity contribution in [1.29, 1.82) is 0 Å². The molecule has 0 saturated heterocycles. The Morgan fingerprint density at radius 2 is 2.29 bits per heavy atom. The predicted molar refractivity (Wildman–Crippen MR) is 59.0 cm³/mol. The number of aryl methyl sites for hydroxylation is 1. The van der Waals surface area contributed by atoms with Crippen molar-refractivity contribution in [2.75, 3.05) is 17.6 Å². The number of anilines is 2. The van der Waals surface area contributed by atoms with Gasteiger partial charge in [0.15, 0.2) is 0 Å². The van der Waals surface area contributed by atoms with Gasteiger partial charge in [-0.05, 0) is 24.6 Å². The second kappa shape index (κ2) is 4.33. The van der Waals surface area contributed by atoms with Crippen LogP contribution in [0.25, 0.3) is 0 Å². The van der Waals surface area contributed by atoms with Crippen LogP contribution in [0.2, 0.25) is 0 Å². The molecule has 0 aromatic heterocycles. The molecule has 0 saturated carbocycles. The number of nitrogens with two attached hydrogens (primary N) is 1. The minimum Gasteiger partial charge on any atom is -0.397 e. The van der Waals surface area contributed by atoms with Crippen LogP contribution in [0.15, 0.2) is 23.7 Å². The lowest BCUT2D eigenvalue weighted by Crippen LogP contribution is -2.04. The van der Waals surface area contributed by atoms with E-state index in [2.05, 4.69) is 11.9 Å². The summed E-state index contributed by atoms with van der Waals surface area (Å²) in [5.74, 6) is -0.308. The van der Waals surface area contributed by atoms with Crippen LogP contribution in [0.4, 0.5) is 15.8 Å². The van der Waals surface area contributed by atoms with Crippen LogP contribution in [0, 0.1) is 12.7 Å². The van der Waals surface area contributed by atoms with Crippen molar-refractivity contribution >= 4 is 23.0 Å². The van der Waals surface area contributed by atoms with Crippen molar-refractivity contribution in [3.8, 4) is 0 Å². The third-order valence-electron chi connectivity index (χ3n) is 1.80. The molecule has 3 N–H and O–H groups in total. The molecule has 0 bridgehead atoms. The van der Waals surface area contributed by atoms with Gasteiger partial charge in [0.2, 0.25) is 0 Å². The van der Waals surface area contributed by atoms with Gasteiger partial charge in [-0.15, -0.1) is 0 Å². The van der Waals surface area contributed by atoms with Crippen molar-refractivity contribution < 1.29 is 4.39 Å². The Kier molecular flexibility index (Phi) is 3.36. The Balaban J connectivity index is 2.87. The van der Waals surface area contributed by atoms with Gasteiger partial charge >= 0.3 is 0 Å². The molecular formula is C10H12ClFN2. The third kappa shape index (κ3) is 2.64. The molecule has 0 unspecified atom stereocenters. The average Bonchev–Trinajstić information content (AvgIpc) is 2.09. The van der Waals surface area contributed by atoms with E-state index in [0.717, 1.165) is 0 Å². The van der Waals surface area contributed by atoms with E-state index < -0.39 is 0 Å². The zero-order valence-electron chi connectivity index (χ0n) is 7.90. The summed E-state index contributed by atoms with van der Waals surface area (Å²) >= 11 is 5.58. The van der Waals surface area contributed by atoms with Crippen molar-refractivity contribution in [3.05, 3.63) is 35.1 Å². The summed E-state index contributed by atoms with van der Waals surface area (Å²) in [5, 5.41) is 3.44. The van der Waals surface area contributed by atoms with E-state index in [4.69, 9.17) is 17.3 Å². The second-order valence-corrected chi connectivity index (χ2v) is 3.59. The van der Waals surface area contributed by atoms with Crippen LogP contribution >= 0.6 is 11.6 Å². The van der Waals surface area contributed by atoms with E-state index in [9.17, 15) is 4.39 Å². The summed E-state index contributed by atoms with van der Waals surface area (Å²) in [5.41, 5.74) is 7.18. The zero-order valence-corrected chi connectivity index (χ0v) is 8.66. The fourth-order valence-electron chi connectivity index (χ4n) is 1.04. The van der Waals surface area contributed by atoms with E-state index in [1.807, 2.05) is 0 Å². The van der Waals surface area contributed by atoms with Crippen molar-refractivity contribution in [2.45, 2.75) is 6.92 Å². The monoisotopic (exact) mass is 214 g/mol. The molecule has 0 fully saturated rings. The summed E-state index contributed by atoms with van der Waals surface area (Å²) in [6.45, 7) is 5.62. The Labute approximate surface area is 87.6 Å². The highest BCUT2D eigenvalue weighted by molar-refractivity contribution is 6.29. The van der Waals surface area contributed by atoms with E-state index >= 15 is 0 Å². The van der Waals surface area contributed by atoms with Gasteiger partial charge in [0, 0.05) is 5.03 Å². The molecule has 0 aliphatic heterocycles. The molecule has 0 aliphatic carbocycles. The Morgan fingerprint density at radius 3 is 2.86 bits per heavy atom. The maximum atomic E-state index is 13.0. The molecule has 0 radical (unpaired) electrons. The lowest BCUT2D eigenvalue weighted by atomic mass is 10.2. The maximum absolute atomic E-state index is 13.0. The quantitative estimate of drug-likeness (QED) is 0.760. The maximum Gasteiger partial charge on any atom is 0.128 e. The highest BCUT2D eigenvalue weighted by atomic mass is 35.5. The predicted octanol–water partition coefficient (Wildman–Crippen LogP) is 2.88. The lowest BCUT2D eigenvalue weighted by molar-refractivity contribution is 0.619. The molecule has 1 aromatic carbocycles. The Morgan fingerprint density at radius 1 is 1.64 bits per heavy atom. The van der Waals surface area contributed by atoms with Gasteiger partial charge in [-0.3, -0.25) is 0 Å². The fourth-order valence-corrected chi connectivity index (χ4v) is 1.11. The van der Waals surface area contributed by atoms with Gasteiger partial charge in [-0.25, -0.2) is 4.39 Å². The summed E-state index contributed by atoms with van der Waals surface area (Å²) in [7, 11) is 0. The largest absolute Gasteiger partial charge is 0.397 e.